The van der Waals surface area contributed by atoms with Gasteiger partial charge in [0.05, 0.1) is 19.1 Å². The van der Waals surface area contributed by atoms with Crippen LogP contribution < -0.4 is 5.32 Å². The summed E-state index contributed by atoms with van der Waals surface area (Å²) in [7, 11) is 1.43. The molecule has 0 radical (unpaired) electrons. The number of esters is 1. The highest BCUT2D eigenvalue weighted by atomic mass is 16.5. The molecule has 1 atom stereocenters. The predicted molar refractivity (Wildman–Crippen MR) is 139 cm³/mol. The maximum Gasteiger partial charge on any atom is 0.323 e. The van der Waals surface area contributed by atoms with Gasteiger partial charge in [0, 0.05) is 12.6 Å². The zero-order valence-electron chi connectivity index (χ0n) is 20.4. The molecular formula is C30H33N3O2. The Labute approximate surface area is 207 Å². The Morgan fingerprint density at radius 3 is 1.89 bits per heavy atom. The highest BCUT2D eigenvalue weighted by Crippen LogP contribution is 2.40. The summed E-state index contributed by atoms with van der Waals surface area (Å²) in [4.78, 5) is 17.2. The minimum atomic E-state index is -0.620. The van der Waals surface area contributed by atoms with Crippen LogP contribution in [0, 0.1) is 0 Å². The second-order valence-corrected chi connectivity index (χ2v) is 8.67. The number of hydrogen-bond acceptors (Lipinski definition) is 4. The summed E-state index contributed by atoms with van der Waals surface area (Å²) in [6, 6.07) is 31.0. The number of unbranched alkanes of at least 4 members (excludes halogenated alkanes) is 1. The van der Waals surface area contributed by atoms with Crippen LogP contribution in [0.2, 0.25) is 0 Å². The third kappa shape index (κ3) is 5.20. The molecule has 1 N–H and O–H groups in total. The van der Waals surface area contributed by atoms with Crippen LogP contribution in [0.4, 0.5) is 0 Å². The van der Waals surface area contributed by atoms with Crippen LogP contribution in [0.5, 0.6) is 0 Å². The molecule has 0 saturated carbocycles. The Balaban J connectivity index is 1.82. The fraction of sp³-hybridized carbons (Fsp3) is 0.267. The number of benzene rings is 3. The van der Waals surface area contributed by atoms with Gasteiger partial charge in [-0.25, -0.2) is 4.98 Å². The quantitative estimate of drug-likeness (QED) is 0.187. The summed E-state index contributed by atoms with van der Waals surface area (Å²) in [5.74, 6) is -0.268. The van der Waals surface area contributed by atoms with E-state index in [2.05, 4.69) is 95.8 Å². The van der Waals surface area contributed by atoms with Crippen molar-refractivity contribution in [1.29, 1.82) is 0 Å². The third-order valence-electron chi connectivity index (χ3n) is 6.42. The van der Waals surface area contributed by atoms with Crippen molar-refractivity contribution in [2.75, 3.05) is 13.7 Å². The predicted octanol–water partition coefficient (Wildman–Crippen LogP) is 5.20. The smallest absolute Gasteiger partial charge is 0.323 e. The Morgan fingerprint density at radius 1 is 0.914 bits per heavy atom. The van der Waals surface area contributed by atoms with E-state index < -0.39 is 11.6 Å². The average Bonchev–Trinajstić information content (AvgIpc) is 3.39. The molecule has 0 fully saturated rings. The summed E-state index contributed by atoms with van der Waals surface area (Å²) in [5.41, 5.74) is 3.60. The highest BCUT2D eigenvalue weighted by molar-refractivity contribution is 5.76. The van der Waals surface area contributed by atoms with Crippen LogP contribution in [0.3, 0.4) is 0 Å². The van der Waals surface area contributed by atoms with Gasteiger partial charge in [0.25, 0.3) is 0 Å². The van der Waals surface area contributed by atoms with E-state index in [1.807, 2.05) is 24.5 Å². The van der Waals surface area contributed by atoms with E-state index in [4.69, 9.17) is 9.72 Å². The zero-order chi connectivity index (χ0) is 24.5. The van der Waals surface area contributed by atoms with E-state index in [-0.39, 0.29) is 5.97 Å². The van der Waals surface area contributed by atoms with Gasteiger partial charge in [-0.2, -0.15) is 0 Å². The molecule has 0 bridgehead atoms. The van der Waals surface area contributed by atoms with Crippen molar-refractivity contribution in [3.05, 3.63) is 126 Å². The number of imidazole rings is 1. The maximum atomic E-state index is 12.5. The van der Waals surface area contributed by atoms with Crippen molar-refractivity contribution in [2.45, 2.75) is 37.8 Å². The standard InChI is InChI=1S/C30H33N3O2/c1-3-4-20-31-28(29(34)35-2)21-27-22-33(23-32-27)30(24-14-8-5-9-15-24,25-16-10-6-11-17-25)26-18-12-7-13-19-26/h5-19,22-23,28,31H,3-4,20-21H2,1-2H3/t28-/m0/s1. The van der Waals surface area contributed by atoms with Gasteiger partial charge in [-0.05, 0) is 29.7 Å². The number of nitrogens with zero attached hydrogens (tertiary/aromatic N) is 2. The van der Waals surface area contributed by atoms with Gasteiger partial charge in [0.1, 0.15) is 11.6 Å². The fourth-order valence-corrected chi connectivity index (χ4v) is 4.68. The molecule has 5 nitrogen and oxygen atoms in total. The van der Waals surface area contributed by atoms with Gasteiger partial charge >= 0.3 is 5.97 Å². The van der Waals surface area contributed by atoms with Crippen molar-refractivity contribution in [3.8, 4) is 0 Å². The lowest BCUT2D eigenvalue weighted by atomic mass is 9.77. The summed E-state index contributed by atoms with van der Waals surface area (Å²) in [5, 5.41) is 3.34. The molecule has 0 amide bonds. The molecule has 35 heavy (non-hydrogen) atoms. The Morgan fingerprint density at radius 2 is 1.43 bits per heavy atom. The van der Waals surface area contributed by atoms with Crippen LogP contribution in [-0.2, 0) is 21.5 Å². The van der Waals surface area contributed by atoms with Gasteiger partial charge < -0.3 is 14.6 Å². The van der Waals surface area contributed by atoms with E-state index >= 15 is 0 Å². The molecule has 1 heterocycles. The van der Waals surface area contributed by atoms with E-state index in [1.54, 1.807) is 0 Å². The van der Waals surface area contributed by atoms with Crippen molar-refractivity contribution in [3.63, 3.8) is 0 Å². The van der Waals surface area contributed by atoms with Crippen LogP contribution in [0.25, 0.3) is 0 Å². The van der Waals surface area contributed by atoms with Crippen LogP contribution >= 0.6 is 0 Å². The van der Waals surface area contributed by atoms with Gasteiger partial charge in [0.2, 0.25) is 0 Å². The summed E-state index contributed by atoms with van der Waals surface area (Å²) >= 11 is 0. The molecule has 0 spiro atoms. The third-order valence-corrected chi connectivity index (χ3v) is 6.42. The van der Waals surface area contributed by atoms with Crippen molar-refractivity contribution in [1.82, 2.24) is 14.9 Å². The lowest BCUT2D eigenvalue weighted by Gasteiger charge is -2.37. The first-order valence-electron chi connectivity index (χ1n) is 12.2. The van der Waals surface area contributed by atoms with Crippen LogP contribution in [0.15, 0.2) is 104 Å². The summed E-state index contributed by atoms with van der Waals surface area (Å²) < 4.78 is 7.23. The lowest BCUT2D eigenvalue weighted by molar-refractivity contribution is -0.143. The monoisotopic (exact) mass is 467 g/mol. The number of aromatic nitrogens is 2. The SMILES string of the molecule is CCCCN[C@@H](Cc1cn(C(c2ccccc2)(c2ccccc2)c2ccccc2)cn1)C(=O)OC. The maximum absolute atomic E-state index is 12.5. The molecule has 1 aromatic heterocycles. The number of rotatable bonds is 11. The number of nitrogens with one attached hydrogen (secondary N) is 1. The van der Waals surface area contributed by atoms with Crippen LogP contribution in [-0.4, -0.2) is 35.2 Å². The average molecular weight is 468 g/mol. The van der Waals surface area contributed by atoms with E-state index in [9.17, 15) is 4.79 Å². The molecule has 4 rings (SSSR count). The number of methoxy groups -OCH3 is 1. The molecule has 180 valence electrons. The fourth-order valence-electron chi connectivity index (χ4n) is 4.68. The summed E-state index contributed by atoms with van der Waals surface area (Å²) in [6.07, 6.45) is 6.45. The van der Waals surface area contributed by atoms with Gasteiger partial charge in [-0.3, -0.25) is 4.79 Å². The first-order chi connectivity index (χ1) is 17.2. The first-order valence-corrected chi connectivity index (χ1v) is 12.2. The number of carbonyl (C=O) groups excluding carboxylic acids is 1. The van der Waals surface area contributed by atoms with Crippen molar-refractivity contribution >= 4 is 5.97 Å². The van der Waals surface area contributed by atoms with Gasteiger partial charge in [-0.1, -0.05) is 104 Å². The second-order valence-electron chi connectivity index (χ2n) is 8.67. The molecule has 0 aliphatic rings. The number of hydrogen-bond donors (Lipinski definition) is 1. The topological polar surface area (TPSA) is 56.2 Å². The van der Waals surface area contributed by atoms with E-state index in [0.29, 0.717) is 6.42 Å². The number of ether oxygens (including phenoxy) is 1. The molecule has 3 aromatic carbocycles. The van der Waals surface area contributed by atoms with E-state index in [0.717, 1.165) is 41.8 Å². The van der Waals surface area contributed by atoms with Crippen molar-refractivity contribution < 1.29 is 9.53 Å². The van der Waals surface area contributed by atoms with Gasteiger partial charge in [0.15, 0.2) is 0 Å². The molecular weight excluding hydrogens is 434 g/mol. The Hall–Kier alpha value is -3.70. The normalized spacial score (nSPS) is 12.3. The van der Waals surface area contributed by atoms with Crippen molar-refractivity contribution in [2.24, 2.45) is 0 Å². The second kappa shape index (κ2) is 11.6. The minimum Gasteiger partial charge on any atom is -0.468 e. The molecule has 0 aliphatic carbocycles. The Kier molecular flexibility index (Phi) is 8.11. The molecule has 0 unspecified atom stereocenters. The molecule has 4 aromatic rings. The molecule has 0 aliphatic heterocycles. The van der Waals surface area contributed by atoms with Gasteiger partial charge in [-0.15, -0.1) is 0 Å². The number of carbonyl (C=O) groups is 1. The Bertz CT molecular complexity index is 1090. The lowest BCUT2D eigenvalue weighted by Crippen LogP contribution is -2.40. The van der Waals surface area contributed by atoms with Crippen LogP contribution in [0.1, 0.15) is 42.1 Å². The first kappa shape index (κ1) is 24.4. The van der Waals surface area contributed by atoms with E-state index in [1.165, 1.54) is 7.11 Å². The largest absolute Gasteiger partial charge is 0.468 e. The summed E-state index contributed by atoms with van der Waals surface area (Å²) in [6.45, 7) is 2.89. The molecule has 0 saturated heterocycles. The zero-order valence-corrected chi connectivity index (χ0v) is 20.4. The minimum absolute atomic E-state index is 0.268. The highest BCUT2D eigenvalue weighted by Gasteiger charge is 2.38. The molecule has 5 heteroatoms.